The molecule has 0 fully saturated rings. The standard InChI is InChI=1S/C27H52O7/c1-19(2)9-6-10-20(3)11-7-12-21(4)13-8-14-22(5)15-16-25(31)34-18-24(30)27(33)26(32)23(29)17-28/h15,19-21,23-24,26-30,32-33H,6-14,16-18H2,1-5H3/t20?,21?,23-,24-,26-,27-/m0/s1. The molecule has 0 amide bonds. The fraction of sp³-hybridized carbons (Fsp3) is 0.889. The van der Waals surface area contributed by atoms with Crippen LogP contribution in [0.5, 0.6) is 0 Å². The molecule has 0 saturated carbocycles. The normalized spacial score (nSPS) is 17.8. The van der Waals surface area contributed by atoms with Crippen molar-refractivity contribution < 1.29 is 35.1 Å². The fourth-order valence-corrected chi connectivity index (χ4v) is 3.97. The van der Waals surface area contributed by atoms with Crippen molar-refractivity contribution in [2.45, 2.75) is 123 Å². The molecule has 34 heavy (non-hydrogen) atoms. The minimum absolute atomic E-state index is 0.0702. The Morgan fingerprint density at radius 2 is 1.29 bits per heavy atom. The van der Waals surface area contributed by atoms with Gasteiger partial charge in [-0.15, -0.1) is 0 Å². The first-order chi connectivity index (χ1) is 16.0. The Labute approximate surface area is 207 Å². The van der Waals surface area contributed by atoms with Gasteiger partial charge in [0.05, 0.1) is 13.0 Å². The Balaban J connectivity index is 3.99. The summed E-state index contributed by atoms with van der Waals surface area (Å²) in [7, 11) is 0. The number of hydrogen-bond donors (Lipinski definition) is 5. The van der Waals surface area contributed by atoms with Crippen molar-refractivity contribution in [3.05, 3.63) is 11.6 Å². The first kappa shape index (κ1) is 33.0. The van der Waals surface area contributed by atoms with E-state index in [4.69, 9.17) is 9.84 Å². The Morgan fingerprint density at radius 3 is 1.82 bits per heavy atom. The third-order valence-electron chi connectivity index (χ3n) is 6.50. The van der Waals surface area contributed by atoms with E-state index < -0.39 is 43.6 Å². The van der Waals surface area contributed by atoms with Crippen molar-refractivity contribution in [3.63, 3.8) is 0 Å². The molecule has 0 heterocycles. The molecule has 0 saturated heterocycles. The van der Waals surface area contributed by atoms with Crippen LogP contribution in [0, 0.1) is 17.8 Å². The second kappa shape index (κ2) is 19.2. The monoisotopic (exact) mass is 488 g/mol. The van der Waals surface area contributed by atoms with Crippen LogP contribution in [0.3, 0.4) is 0 Å². The van der Waals surface area contributed by atoms with Crippen molar-refractivity contribution in [1.82, 2.24) is 0 Å². The Kier molecular flexibility index (Phi) is 18.7. The van der Waals surface area contributed by atoms with E-state index in [1.54, 1.807) is 0 Å². The highest BCUT2D eigenvalue weighted by Crippen LogP contribution is 2.22. The highest BCUT2D eigenvalue weighted by atomic mass is 16.5. The van der Waals surface area contributed by atoms with Crippen LogP contribution >= 0.6 is 0 Å². The van der Waals surface area contributed by atoms with Gasteiger partial charge < -0.3 is 30.3 Å². The minimum Gasteiger partial charge on any atom is -0.463 e. The number of hydrogen-bond acceptors (Lipinski definition) is 7. The average Bonchev–Trinajstić information content (AvgIpc) is 2.79. The summed E-state index contributed by atoms with van der Waals surface area (Å²) in [4.78, 5) is 11.9. The number of ether oxygens (including phenoxy) is 1. The fourth-order valence-electron chi connectivity index (χ4n) is 3.97. The smallest absolute Gasteiger partial charge is 0.309 e. The van der Waals surface area contributed by atoms with E-state index >= 15 is 0 Å². The summed E-state index contributed by atoms with van der Waals surface area (Å²) in [6.45, 7) is 9.99. The lowest BCUT2D eigenvalue weighted by Gasteiger charge is -2.25. The zero-order valence-electron chi connectivity index (χ0n) is 22.2. The molecule has 0 aliphatic heterocycles. The molecule has 7 heteroatoms. The van der Waals surface area contributed by atoms with Gasteiger partial charge in [0.1, 0.15) is 31.0 Å². The van der Waals surface area contributed by atoms with Gasteiger partial charge >= 0.3 is 5.97 Å². The quantitative estimate of drug-likeness (QED) is 0.130. The average molecular weight is 489 g/mol. The van der Waals surface area contributed by atoms with Crippen molar-refractivity contribution in [2.24, 2.45) is 17.8 Å². The van der Waals surface area contributed by atoms with Crippen LogP contribution in [0.25, 0.3) is 0 Å². The molecule has 202 valence electrons. The van der Waals surface area contributed by atoms with Gasteiger partial charge in [0.2, 0.25) is 0 Å². The van der Waals surface area contributed by atoms with Crippen LogP contribution in [-0.2, 0) is 9.53 Å². The van der Waals surface area contributed by atoms with Gasteiger partial charge in [-0.2, -0.15) is 0 Å². The van der Waals surface area contributed by atoms with E-state index in [0.717, 1.165) is 30.3 Å². The number of aliphatic hydroxyl groups excluding tert-OH is 5. The van der Waals surface area contributed by atoms with Crippen LogP contribution in [0.4, 0.5) is 0 Å². The predicted octanol–water partition coefficient (Wildman–Crippen LogP) is 3.74. The summed E-state index contributed by atoms with van der Waals surface area (Å²) in [5.74, 6) is 1.78. The van der Waals surface area contributed by atoms with Crippen molar-refractivity contribution in [3.8, 4) is 0 Å². The SMILES string of the molecule is CC(=CCC(=O)OC[C@H](O)[C@H](O)[C@@H](O)[C@@H](O)CO)CCCC(C)CCCC(C)CCCC(C)C. The molecular formula is C27H52O7. The van der Waals surface area contributed by atoms with Crippen LogP contribution < -0.4 is 0 Å². The third-order valence-corrected chi connectivity index (χ3v) is 6.50. The van der Waals surface area contributed by atoms with Gasteiger partial charge in [0.25, 0.3) is 0 Å². The molecule has 0 aromatic heterocycles. The van der Waals surface area contributed by atoms with Crippen molar-refractivity contribution in [1.29, 1.82) is 0 Å². The summed E-state index contributed by atoms with van der Waals surface area (Å²) in [6, 6.07) is 0. The van der Waals surface area contributed by atoms with Gasteiger partial charge in [-0.3, -0.25) is 4.79 Å². The van der Waals surface area contributed by atoms with Gasteiger partial charge in [-0.25, -0.2) is 0 Å². The van der Waals surface area contributed by atoms with Gasteiger partial charge in [-0.1, -0.05) is 84.3 Å². The number of carbonyl (C=O) groups excluding carboxylic acids is 1. The van der Waals surface area contributed by atoms with E-state index in [1.165, 1.54) is 44.9 Å². The molecule has 0 radical (unpaired) electrons. The maximum Gasteiger partial charge on any atom is 0.309 e. The molecule has 0 aliphatic rings. The summed E-state index contributed by atoms with van der Waals surface area (Å²) in [6.07, 6.45) is 6.34. The molecule has 2 unspecified atom stereocenters. The molecule has 0 bridgehead atoms. The molecule has 0 aromatic carbocycles. The van der Waals surface area contributed by atoms with Crippen molar-refractivity contribution >= 4 is 5.97 Å². The lowest BCUT2D eigenvalue weighted by atomic mass is 9.91. The maximum atomic E-state index is 11.9. The lowest BCUT2D eigenvalue weighted by molar-refractivity contribution is -0.155. The van der Waals surface area contributed by atoms with E-state index in [2.05, 4.69) is 27.7 Å². The molecular weight excluding hydrogens is 436 g/mol. The first-order valence-electron chi connectivity index (χ1n) is 13.1. The topological polar surface area (TPSA) is 127 Å². The predicted molar refractivity (Wildman–Crippen MR) is 135 cm³/mol. The van der Waals surface area contributed by atoms with Crippen LogP contribution in [-0.4, -0.2) is 69.1 Å². The zero-order chi connectivity index (χ0) is 26.1. The lowest BCUT2D eigenvalue weighted by Crippen LogP contribution is -2.47. The van der Waals surface area contributed by atoms with E-state index in [-0.39, 0.29) is 6.42 Å². The Morgan fingerprint density at radius 1 is 0.794 bits per heavy atom. The van der Waals surface area contributed by atoms with Crippen LogP contribution in [0.15, 0.2) is 11.6 Å². The third kappa shape index (κ3) is 16.6. The number of allylic oxidation sites excluding steroid dienone is 1. The van der Waals surface area contributed by atoms with E-state index in [9.17, 15) is 25.2 Å². The van der Waals surface area contributed by atoms with E-state index in [1.807, 2.05) is 13.0 Å². The molecule has 0 aliphatic carbocycles. The number of aliphatic hydroxyl groups is 5. The van der Waals surface area contributed by atoms with Gasteiger partial charge in [0.15, 0.2) is 0 Å². The summed E-state index contributed by atoms with van der Waals surface area (Å²) < 4.78 is 4.93. The summed E-state index contributed by atoms with van der Waals surface area (Å²) >= 11 is 0. The highest BCUT2D eigenvalue weighted by molar-refractivity contribution is 5.71. The number of carbonyl (C=O) groups is 1. The second-order valence-corrected chi connectivity index (χ2v) is 10.6. The second-order valence-electron chi connectivity index (χ2n) is 10.6. The molecule has 7 nitrogen and oxygen atoms in total. The van der Waals surface area contributed by atoms with E-state index in [0.29, 0.717) is 5.92 Å². The molecule has 0 spiro atoms. The number of rotatable bonds is 20. The molecule has 6 atom stereocenters. The zero-order valence-corrected chi connectivity index (χ0v) is 22.2. The van der Waals surface area contributed by atoms with Gasteiger partial charge in [-0.05, 0) is 37.5 Å². The van der Waals surface area contributed by atoms with Crippen LogP contribution in [0.1, 0.15) is 98.8 Å². The first-order valence-corrected chi connectivity index (χ1v) is 13.1. The molecule has 0 rings (SSSR count). The van der Waals surface area contributed by atoms with Crippen molar-refractivity contribution in [2.75, 3.05) is 13.2 Å². The number of esters is 1. The Bertz CT molecular complexity index is 549. The molecule has 5 N–H and O–H groups in total. The summed E-state index contributed by atoms with van der Waals surface area (Å²) in [5, 5.41) is 47.1. The minimum atomic E-state index is -1.73. The summed E-state index contributed by atoms with van der Waals surface area (Å²) in [5.41, 5.74) is 1.12. The highest BCUT2D eigenvalue weighted by Gasteiger charge is 2.30. The van der Waals surface area contributed by atoms with Crippen LogP contribution in [0.2, 0.25) is 0 Å². The Hall–Kier alpha value is -0.990. The van der Waals surface area contributed by atoms with Gasteiger partial charge in [0, 0.05) is 0 Å². The maximum absolute atomic E-state index is 11.9. The largest absolute Gasteiger partial charge is 0.463 e. The molecule has 0 aromatic rings.